The van der Waals surface area contributed by atoms with Gasteiger partial charge in [-0.25, -0.2) is 5.84 Å². The molecule has 2 amide bonds. The monoisotopic (exact) mass is 388 g/mol. The molecular weight excluding hydrogens is 348 g/mol. The molecule has 0 spiro atoms. The molecule has 10 heteroatoms. The van der Waals surface area contributed by atoms with Gasteiger partial charge in [-0.2, -0.15) is 0 Å². The van der Waals surface area contributed by atoms with Crippen molar-refractivity contribution in [1.82, 2.24) is 30.3 Å². The third-order valence-electron chi connectivity index (χ3n) is 4.55. The highest BCUT2D eigenvalue weighted by Crippen LogP contribution is 1.98. The minimum atomic E-state index is -0.112. The number of nitrogens with one attached hydrogen (secondary N) is 2. The van der Waals surface area contributed by atoms with Crippen molar-refractivity contribution in [3.05, 3.63) is 0 Å². The van der Waals surface area contributed by atoms with Crippen LogP contribution in [0.15, 0.2) is 0 Å². The second-order valence-electron chi connectivity index (χ2n) is 6.86. The summed E-state index contributed by atoms with van der Waals surface area (Å²) < 4.78 is 0. The first-order valence-electron chi connectivity index (χ1n) is 9.22. The molecule has 0 unspecified atom stereocenters. The smallest absolute Gasteiger partial charge is 0.248 e. The number of hydrogen-bond acceptors (Lipinski definition) is 8. The quantitative estimate of drug-likeness (QED) is 0.218. The van der Waals surface area contributed by atoms with Gasteiger partial charge >= 0.3 is 0 Å². The standard InChI is InChI=1S/C9H20N4O.C7H16N4O.CH4/c1-12-4-6-13(7-5-12)8-9(14)11-3-2-10;1-10-2-4-11(5-3-10)6-7(12)9-8;/h2-8,10H2,1H3,(H,11,14);2-6,8H2,1H3,(H,9,12);1H4. The number of carbonyl (C=O) groups excluding carboxylic acids is 2. The summed E-state index contributed by atoms with van der Waals surface area (Å²) in [4.78, 5) is 31.0. The fourth-order valence-electron chi connectivity index (χ4n) is 2.73. The lowest BCUT2D eigenvalue weighted by Gasteiger charge is -2.31. The number of nitrogens with zero attached hydrogens (tertiary/aromatic N) is 4. The number of piperazine rings is 2. The van der Waals surface area contributed by atoms with E-state index in [9.17, 15) is 9.59 Å². The highest BCUT2D eigenvalue weighted by atomic mass is 16.2. The third kappa shape index (κ3) is 11.9. The zero-order chi connectivity index (χ0) is 19.4. The predicted octanol–water partition coefficient (Wildman–Crippen LogP) is -2.83. The summed E-state index contributed by atoms with van der Waals surface area (Å²) in [7, 11) is 4.19. The molecule has 0 radical (unpaired) electrons. The Bertz CT molecular complexity index is 408. The number of rotatable bonds is 6. The Morgan fingerprint density at radius 3 is 1.59 bits per heavy atom. The van der Waals surface area contributed by atoms with E-state index < -0.39 is 0 Å². The summed E-state index contributed by atoms with van der Waals surface area (Å²) >= 11 is 0. The van der Waals surface area contributed by atoms with Crippen LogP contribution in [-0.4, -0.2) is 124 Å². The van der Waals surface area contributed by atoms with Gasteiger partial charge in [-0.15, -0.1) is 0 Å². The molecule has 2 aliphatic heterocycles. The lowest BCUT2D eigenvalue weighted by atomic mass is 10.3. The van der Waals surface area contributed by atoms with E-state index in [1.165, 1.54) is 0 Å². The third-order valence-corrected chi connectivity index (χ3v) is 4.55. The van der Waals surface area contributed by atoms with Gasteiger partial charge in [0.2, 0.25) is 11.8 Å². The highest BCUT2D eigenvalue weighted by Gasteiger charge is 2.16. The number of nitrogens with two attached hydrogens (primary N) is 2. The summed E-state index contributed by atoms with van der Waals surface area (Å²) in [5.41, 5.74) is 7.42. The van der Waals surface area contributed by atoms with Gasteiger partial charge in [0.15, 0.2) is 0 Å². The Morgan fingerprint density at radius 2 is 1.22 bits per heavy atom. The predicted molar refractivity (Wildman–Crippen MR) is 109 cm³/mol. The van der Waals surface area contributed by atoms with Gasteiger partial charge < -0.3 is 20.9 Å². The van der Waals surface area contributed by atoms with Gasteiger partial charge in [-0.1, -0.05) is 7.43 Å². The van der Waals surface area contributed by atoms with Gasteiger partial charge in [0, 0.05) is 65.4 Å². The second kappa shape index (κ2) is 14.7. The van der Waals surface area contributed by atoms with Gasteiger partial charge in [0.1, 0.15) is 0 Å². The number of likely N-dealkylation sites (N-methyl/N-ethyl adjacent to an activating group) is 2. The molecule has 2 fully saturated rings. The number of carbonyl (C=O) groups is 2. The maximum Gasteiger partial charge on any atom is 0.248 e. The summed E-state index contributed by atoms with van der Waals surface area (Å²) in [5.74, 6) is 4.95. The summed E-state index contributed by atoms with van der Waals surface area (Å²) in [6, 6.07) is 0. The molecule has 2 saturated heterocycles. The molecule has 6 N–H and O–H groups in total. The fraction of sp³-hybridized carbons (Fsp3) is 0.882. The van der Waals surface area contributed by atoms with E-state index in [0.717, 1.165) is 52.4 Å². The van der Waals surface area contributed by atoms with E-state index in [0.29, 0.717) is 26.2 Å². The Morgan fingerprint density at radius 1 is 0.815 bits per heavy atom. The largest absolute Gasteiger partial charge is 0.354 e. The Hall–Kier alpha value is -1.30. The molecule has 2 heterocycles. The van der Waals surface area contributed by atoms with Crippen LogP contribution in [0.3, 0.4) is 0 Å². The van der Waals surface area contributed by atoms with Crippen molar-refractivity contribution < 1.29 is 9.59 Å². The fourth-order valence-corrected chi connectivity index (χ4v) is 2.73. The van der Waals surface area contributed by atoms with Crippen LogP contribution in [0.5, 0.6) is 0 Å². The van der Waals surface area contributed by atoms with Gasteiger partial charge in [0.05, 0.1) is 13.1 Å². The normalized spacial score (nSPS) is 19.4. The van der Waals surface area contributed by atoms with Gasteiger partial charge in [-0.3, -0.25) is 24.8 Å². The number of hydrazine groups is 1. The van der Waals surface area contributed by atoms with Crippen molar-refractivity contribution in [3.8, 4) is 0 Å². The van der Waals surface area contributed by atoms with Crippen LogP contribution in [0, 0.1) is 0 Å². The van der Waals surface area contributed by atoms with Crippen molar-refractivity contribution in [1.29, 1.82) is 0 Å². The van der Waals surface area contributed by atoms with E-state index in [-0.39, 0.29) is 19.2 Å². The molecule has 0 aromatic heterocycles. The molecule has 0 aromatic carbocycles. The first-order valence-corrected chi connectivity index (χ1v) is 9.22. The van der Waals surface area contributed by atoms with E-state index >= 15 is 0 Å². The lowest BCUT2D eigenvalue weighted by Crippen LogP contribution is -2.49. The van der Waals surface area contributed by atoms with E-state index in [1.807, 2.05) is 0 Å². The lowest BCUT2D eigenvalue weighted by molar-refractivity contribution is -0.123. The van der Waals surface area contributed by atoms with Crippen molar-refractivity contribution >= 4 is 11.8 Å². The van der Waals surface area contributed by atoms with E-state index in [1.54, 1.807) is 0 Å². The molecule has 0 bridgehead atoms. The van der Waals surface area contributed by atoms with Crippen molar-refractivity contribution in [2.45, 2.75) is 7.43 Å². The molecule has 27 heavy (non-hydrogen) atoms. The van der Waals surface area contributed by atoms with Crippen molar-refractivity contribution in [2.24, 2.45) is 11.6 Å². The van der Waals surface area contributed by atoms with Crippen LogP contribution in [-0.2, 0) is 9.59 Å². The number of hydrogen-bond donors (Lipinski definition) is 4. The Balaban J connectivity index is 0.000000488. The minimum Gasteiger partial charge on any atom is -0.354 e. The summed E-state index contributed by atoms with van der Waals surface area (Å²) in [6.07, 6.45) is 0. The summed E-state index contributed by atoms with van der Waals surface area (Å²) in [6.45, 7) is 10.0. The van der Waals surface area contributed by atoms with Crippen LogP contribution in [0.25, 0.3) is 0 Å². The molecule has 10 nitrogen and oxygen atoms in total. The van der Waals surface area contributed by atoms with Gasteiger partial charge in [-0.05, 0) is 14.1 Å². The second-order valence-corrected chi connectivity index (χ2v) is 6.86. The molecule has 0 saturated carbocycles. The molecule has 2 aliphatic rings. The average Bonchev–Trinajstić information content (AvgIpc) is 2.64. The topological polar surface area (TPSA) is 123 Å². The summed E-state index contributed by atoms with van der Waals surface area (Å²) in [5, 5.41) is 2.77. The maximum absolute atomic E-state index is 11.3. The average molecular weight is 389 g/mol. The minimum absolute atomic E-state index is 0. The molecule has 0 aromatic rings. The first-order chi connectivity index (χ1) is 12.4. The van der Waals surface area contributed by atoms with Crippen molar-refractivity contribution in [3.63, 3.8) is 0 Å². The van der Waals surface area contributed by atoms with Crippen molar-refractivity contribution in [2.75, 3.05) is 92.6 Å². The van der Waals surface area contributed by atoms with E-state index in [4.69, 9.17) is 11.6 Å². The van der Waals surface area contributed by atoms with E-state index in [2.05, 4.69) is 44.4 Å². The first kappa shape index (κ1) is 25.7. The van der Waals surface area contributed by atoms with Crippen LogP contribution in [0.4, 0.5) is 0 Å². The molecule has 2 rings (SSSR count). The molecule has 0 atom stereocenters. The van der Waals surface area contributed by atoms with Gasteiger partial charge in [0.25, 0.3) is 0 Å². The highest BCUT2D eigenvalue weighted by molar-refractivity contribution is 5.78. The Kier molecular flexibility index (Phi) is 14.0. The zero-order valence-electron chi connectivity index (χ0n) is 16.2. The van der Waals surface area contributed by atoms with Crippen LogP contribution >= 0.6 is 0 Å². The molecular formula is C17H40N8O2. The molecule has 0 aliphatic carbocycles. The number of amides is 2. The SMILES string of the molecule is C.CN1CCN(CC(=O)NCCN)CC1.CN1CCN(CC(=O)NN)CC1. The zero-order valence-corrected chi connectivity index (χ0v) is 16.2. The Labute approximate surface area is 164 Å². The van der Waals surface area contributed by atoms with Crippen LogP contribution in [0.2, 0.25) is 0 Å². The molecule has 160 valence electrons. The van der Waals surface area contributed by atoms with Crippen LogP contribution in [0.1, 0.15) is 7.43 Å². The van der Waals surface area contributed by atoms with Crippen LogP contribution < -0.4 is 22.3 Å². The maximum atomic E-state index is 11.3.